The van der Waals surface area contributed by atoms with Gasteiger partial charge in [-0.1, -0.05) is 11.6 Å². The molecule has 1 saturated heterocycles. The number of ether oxygens (including phenoxy) is 1. The first kappa shape index (κ1) is 16.2. The molecule has 2 aromatic carbocycles. The van der Waals surface area contributed by atoms with Crippen LogP contribution in [-0.2, 0) is 11.3 Å². The van der Waals surface area contributed by atoms with Crippen molar-refractivity contribution < 1.29 is 9.53 Å². The minimum Gasteiger partial charge on any atom is -0.447 e. The summed E-state index contributed by atoms with van der Waals surface area (Å²) in [5.74, 6) is 0. The van der Waals surface area contributed by atoms with Crippen LogP contribution in [0.15, 0.2) is 42.5 Å². The summed E-state index contributed by atoms with van der Waals surface area (Å²) in [6.07, 6.45) is -0.267. The van der Waals surface area contributed by atoms with Crippen LogP contribution in [0.3, 0.4) is 0 Å². The summed E-state index contributed by atoms with van der Waals surface area (Å²) in [5, 5.41) is 0.735. The largest absolute Gasteiger partial charge is 0.447 e. The topological polar surface area (TPSA) is 36.0 Å². The molecule has 0 N–H and O–H groups in total. The van der Waals surface area contributed by atoms with Gasteiger partial charge in [-0.25, -0.2) is 4.79 Å². The highest BCUT2D eigenvalue weighted by atomic mass is 35.5. The van der Waals surface area contributed by atoms with Crippen molar-refractivity contribution in [2.45, 2.75) is 6.54 Å². The molecule has 0 aromatic heterocycles. The van der Waals surface area contributed by atoms with Gasteiger partial charge in [-0.3, -0.25) is 4.90 Å². The van der Waals surface area contributed by atoms with Gasteiger partial charge in [0.05, 0.1) is 6.54 Å². The molecule has 0 aliphatic carbocycles. The summed E-state index contributed by atoms with van der Waals surface area (Å²) in [6.45, 7) is 3.76. The number of hydrogen-bond acceptors (Lipinski definition) is 4. The van der Waals surface area contributed by atoms with Crippen LogP contribution in [0, 0.1) is 0 Å². The molecule has 0 radical (unpaired) electrons. The number of cyclic esters (lactones) is 1. The zero-order valence-electron chi connectivity index (χ0n) is 14.1. The molecular formula is C19H20ClN3O2. The van der Waals surface area contributed by atoms with E-state index in [1.165, 1.54) is 11.3 Å². The molecule has 2 aliphatic heterocycles. The van der Waals surface area contributed by atoms with Crippen LogP contribution < -0.4 is 9.80 Å². The molecule has 0 bridgehead atoms. The van der Waals surface area contributed by atoms with Crippen molar-refractivity contribution in [2.75, 3.05) is 43.1 Å². The zero-order chi connectivity index (χ0) is 17.4. The Hall–Kier alpha value is -2.24. The first-order chi connectivity index (χ1) is 12.1. The van der Waals surface area contributed by atoms with Crippen molar-refractivity contribution in [2.24, 2.45) is 0 Å². The lowest BCUT2D eigenvalue weighted by atomic mass is 10.1. The van der Waals surface area contributed by atoms with Gasteiger partial charge < -0.3 is 14.5 Å². The lowest BCUT2D eigenvalue weighted by molar-refractivity contribution is 0.181. The first-order valence-electron chi connectivity index (χ1n) is 8.41. The highest BCUT2D eigenvalue weighted by Crippen LogP contribution is 2.35. The first-order valence-corrected chi connectivity index (χ1v) is 8.78. The monoisotopic (exact) mass is 357 g/mol. The quantitative estimate of drug-likeness (QED) is 0.817. The van der Waals surface area contributed by atoms with E-state index in [1.54, 1.807) is 4.90 Å². The van der Waals surface area contributed by atoms with Crippen LogP contribution in [0.4, 0.5) is 21.9 Å². The van der Waals surface area contributed by atoms with Gasteiger partial charge in [-0.2, -0.15) is 0 Å². The molecule has 0 spiro atoms. The summed E-state index contributed by atoms with van der Waals surface area (Å²) >= 11 is 6.04. The van der Waals surface area contributed by atoms with E-state index in [0.717, 1.165) is 36.0 Å². The molecule has 25 heavy (non-hydrogen) atoms. The van der Waals surface area contributed by atoms with E-state index in [1.807, 2.05) is 30.3 Å². The molecule has 0 atom stereocenters. The molecule has 2 heterocycles. The van der Waals surface area contributed by atoms with E-state index in [-0.39, 0.29) is 6.09 Å². The summed E-state index contributed by atoms with van der Waals surface area (Å²) in [7, 11) is 2.12. The minimum absolute atomic E-state index is 0.267. The fourth-order valence-corrected chi connectivity index (χ4v) is 3.53. The normalized spacial score (nSPS) is 18.1. The molecule has 2 aromatic rings. The minimum atomic E-state index is -0.267. The third kappa shape index (κ3) is 3.17. The molecule has 0 unspecified atom stereocenters. The van der Waals surface area contributed by atoms with Crippen molar-refractivity contribution in [1.82, 2.24) is 4.90 Å². The Morgan fingerprint density at radius 1 is 0.960 bits per heavy atom. The van der Waals surface area contributed by atoms with E-state index >= 15 is 0 Å². The summed E-state index contributed by atoms with van der Waals surface area (Å²) < 4.78 is 5.07. The van der Waals surface area contributed by atoms with Crippen molar-refractivity contribution in [3.05, 3.63) is 53.1 Å². The van der Waals surface area contributed by atoms with E-state index in [4.69, 9.17) is 16.3 Å². The van der Waals surface area contributed by atoms with Gasteiger partial charge in [0.25, 0.3) is 0 Å². The fraction of sp³-hybridized carbons (Fsp3) is 0.316. The number of rotatable bonds is 2. The average Bonchev–Trinajstić information content (AvgIpc) is 2.95. The number of anilines is 3. The van der Waals surface area contributed by atoms with E-state index in [0.29, 0.717) is 13.2 Å². The van der Waals surface area contributed by atoms with Crippen LogP contribution >= 0.6 is 11.6 Å². The highest BCUT2D eigenvalue weighted by molar-refractivity contribution is 6.30. The van der Waals surface area contributed by atoms with Crippen LogP contribution in [-0.4, -0.2) is 44.3 Å². The van der Waals surface area contributed by atoms with Gasteiger partial charge in [0.15, 0.2) is 0 Å². The lowest BCUT2D eigenvalue weighted by Crippen LogP contribution is -2.26. The summed E-state index contributed by atoms with van der Waals surface area (Å²) in [4.78, 5) is 18.2. The number of nitrogens with zero attached hydrogens (tertiary/aromatic N) is 3. The maximum absolute atomic E-state index is 11.9. The number of likely N-dealkylation sites (N-methyl/N-ethyl adjacent to an activating group) is 1. The predicted octanol–water partition coefficient (Wildman–Crippen LogP) is 3.88. The number of carbonyl (C=O) groups excluding carboxylic acids is 1. The second-order valence-corrected chi connectivity index (χ2v) is 6.88. The number of hydrogen-bond donors (Lipinski definition) is 0. The summed E-state index contributed by atoms with van der Waals surface area (Å²) in [6, 6.07) is 14.1. The van der Waals surface area contributed by atoms with Crippen molar-refractivity contribution >= 4 is 34.8 Å². The molecule has 0 saturated carbocycles. The Labute approximate surface area is 152 Å². The van der Waals surface area contributed by atoms with E-state index < -0.39 is 0 Å². The van der Waals surface area contributed by atoms with Crippen molar-refractivity contribution in [3.63, 3.8) is 0 Å². The third-order valence-corrected chi connectivity index (χ3v) is 4.96. The van der Waals surface area contributed by atoms with Crippen molar-refractivity contribution in [3.8, 4) is 0 Å². The summed E-state index contributed by atoms with van der Waals surface area (Å²) in [5.41, 5.74) is 4.39. The van der Waals surface area contributed by atoms with Gasteiger partial charge in [-0.15, -0.1) is 0 Å². The Morgan fingerprint density at radius 3 is 2.44 bits per heavy atom. The fourth-order valence-electron chi connectivity index (χ4n) is 3.41. The number of amides is 1. The van der Waals surface area contributed by atoms with Gasteiger partial charge in [0.2, 0.25) is 0 Å². The number of carbonyl (C=O) groups is 1. The van der Waals surface area contributed by atoms with Crippen LogP contribution in [0.25, 0.3) is 0 Å². The third-order valence-electron chi connectivity index (χ3n) is 4.71. The van der Waals surface area contributed by atoms with Gasteiger partial charge in [0.1, 0.15) is 6.61 Å². The molecule has 1 fully saturated rings. The SMILES string of the molecule is CN1CCN(c2ccc(Cl)cc2)c2ccc(N3CCOC3=O)cc2C1. The molecule has 1 amide bonds. The van der Waals surface area contributed by atoms with Crippen LogP contribution in [0.2, 0.25) is 5.02 Å². The van der Waals surface area contributed by atoms with E-state index in [2.05, 4.69) is 29.0 Å². The second-order valence-electron chi connectivity index (χ2n) is 6.44. The molecular weight excluding hydrogens is 338 g/mol. The van der Waals surface area contributed by atoms with E-state index in [9.17, 15) is 4.79 Å². The highest BCUT2D eigenvalue weighted by Gasteiger charge is 2.26. The maximum atomic E-state index is 11.9. The second kappa shape index (κ2) is 6.58. The van der Waals surface area contributed by atoms with Gasteiger partial charge >= 0.3 is 6.09 Å². The lowest BCUT2D eigenvalue weighted by Gasteiger charge is -2.26. The molecule has 5 nitrogen and oxygen atoms in total. The van der Waals surface area contributed by atoms with Gasteiger partial charge in [-0.05, 0) is 55.1 Å². The molecule has 6 heteroatoms. The average molecular weight is 358 g/mol. The predicted molar refractivity (Wildman–Crippen MR) is 99.9 cm³/mol. The molecule has 130 valence electrons. The van der Waals surface area contributed by atoms with Crippen molar-refractivity contribution in [1.29, 1.82) is 0 Å². The Morgan fingerprint density at radius 2 is 1.72 bits per heavy atom. The Bertz CT molecular complexity index is 794. The molecule has 2 aliphatic rings. The standard InChI is InChI=1S/C19H20ClN3O2/c1-21-8-9-22(16-4-2-15(20)3-5-16)18-7-6-17(12-14(18)13-21)23-10-11-25-19(23)24/h2-7,12H,8-11,13H2,1H3. The Balaban J connectivity index is 1.73. The van der Waals surface area contributed by atoms with Crippen LogP contribution in [0.1, 0.15) is 5.56 Å². The number of benzene rings is 2. The number of fused-ring (bicyclic) bond motifs is 1. The zero-order valence-corrected chi connectivity index (χ0v) is 14.9. The van der Waals surface area contributed by atoms with Crippen LogP contribution in [0.5, 0.6) is 0 Å². The smallest absolute Gasteiger partial charge is 0.414 e. The van der Waals surface area contributed by atoms with Gasteiger partial charge in [0, 0.05) is 41.7 Å². The molecule has 4 rings (SSSR count). The Kier molecular flexibility index (Phi) is 4.27. The maximum Gasteiger partial charge on any atom is 0.414 e. The number of halogens is 1.